The van der Waals surface area contributed by atoms with Crippen LogP contribution in [0.5, 0.6) is 0 Å². The number of aliphatic hydroxyl groups is 1. The van der Waals surface area contributed by atoms with Crippen molar-refractivity contribution in [2.24, 2.45) is 0 Å². The SMILES string of the molecule is Cc1cccc(C(O)C(=O)O)c1C(=O)C(C)Br. The number of benzene rings is 1. The minimum Gasteiger partial charge on any atom is -0.479 e. The van der Waals surface area contributed by atoms with Gasteiger partial charge in [0.05, 0.1) is 4.83 Å². The minimum absolute atomic E-state index is 0.133. The number of hydrogen-bond acceptors (Lipinski definition) is 3. The molecule has 92 valence electrons. The van der Waals surface area contributed by atoms with E-state index in [0.29, 0.717) is 5.56 Å². The van der Waals surface area contributed by atoms with Gasteiger partial charge in [-0.3, -0.25) is 4.79 Å². The molecule has 0 fully saturated rings. The van der Waals surface area contributed by atoms with Crippen molar-refractivity contribution in [3.63, 3.8) is 0 Å². The molecular formula is C12H13BrO4. The zero-order valence-corrected chi connectivity index (χ0v) is 11.1. The molecular weight excluding hydrogens is 288 g/mol. The highest BCUT2D eigenvalue weighted by atomic mass is 79.9. The Balaban J connectivity index is 3.36. The van der Waals surface area contributed by atoms with Crippen LogP contribution in [0.25, 0.3) is 0 Å². The molecule has 0 saturated carbocycles. The van der Waals surface area contributed by atoms with Gasteiger partial charge in [-0.25, -0.2) is 4.79 Å². The summed E-state index contributed by atoms with van der Waals surface area (Å²) in [5, 5.41) is 18.4. The lowest BCUT2D eigenvalue weighted by molar-refractivity contribution is -0.146. The van der Waals surface area contributed by atoms with Crippen molar-refractivity contribution in [1.29, 1.82) is 0 Å². The quantitative estimate of drug-likeness (QED) is 0.659. The molecule has 0 radical (unpaired) electrons. The highest BCUT2D eigenvalue weighted by molar-refractivity contribution is 9.10. The Kier molecular flexibility index (Phi) is 4.42. The van der Waals surface area contributed by atoms with Crippen molar-refractivity contribution >= 4 is 27.7 Å². The molecule has 2 N–H and O–H groups in total. The molecule has 1 rings (SSSR count). The predicted molar refractivity (Wildman–Crippen MR) is 66.5 cm³/mol. The van der Waals surface area contributed by atoms with Gasteiger partial charge in [-0.2, -0.15) is 0 Å². The zero-order valence-electron chi connectivity index (χ0n) is 9.48. The third-order valence-corrected chi connectivity index (χ3v) is 2.86. The molecule has 2 unspecified atom stereocenters. The van der Waals surface area contributed by atoms with Crippen molar-refractivity contribution in [3.8, 4) is 0 Å². The summed E-state index contributed by atoms with van der Waals surface area (Å²) in [6.45, 7) is 3.37. The lowest BCUT2D eigenvalue weighted by Gasteiger charge is -2.15. The normalized spacial score (nSPS) is 14.1. The number of alkyl halides is 1. The van der Waals surface area contributed by atoms with E-state index in [-0.39, 0.29) is 16.9 Å². The van der Waals surface area contributed by atoms with Crippen LogP contribution in [0.2, 0.25) is 0 Å². The average molecular weight is 301 g/mol. The predicted octanol–water partition coefficient (Wildman–Crippen LogP) is 2.08. The molecule has 5 heteroatoms. The van der Waals surface area contributed by atoms with Crippen LogP contribution in [0.4, 0.5) is 0 Å². The number of aliphatic hydroxyl groups excluding tert-OH is 1. The van der Waals surface area contributed by atoms with Crippen LogP contribution in [-0.2, 0) is 4.79 Å². The fourth-order valence-electron chi connectivity index (χ4n) is 1.59. The summed E-state index contributed by atoms with van der Waals surface area (Å²) in [6, 6.07) is 4.78. The smallest absolute Gasteiger partial charge is 0.337 e. The molecule has 1 aromatic carbocycles. The number of halogens is 1. The van der Waals surface area contributed by atoms with Gasteiger partial charge in [0.1, 0.15) is 0 Å². The summed E-state index contributed by atoms with van der Waals surface area (Å²) in [6.07, 6.45) is -1.68. The minimum atomic E-state index is -1.68. The third-order valence-electron chi connectivity index (χ3n) is 2.44. The Morgan fingerprint density at radius 1 is 1.35 bits per heavy atom. The second kappa shape index (κ2) is 5.42. The Hall–Kier alpha value is -1.20. The van der Waals surface area contributed by atoms with Crippen molar-refractivity contribution in [2.75, 3.05) is 0 Å². The van der Waals surface area contributed by atoms with Gasteiger partial charge >= 0.3 is 5.97 Å². The second-order valence-electron chi connectivity index (χ2n) is 3.76. The van der Waals surface area contributed by atoms with Crippen molar-refractivity contribution in [2.45, 2.75) is 24.8 Å². The van der Waals surface area contributed by atoms with Gasteiger partial charge in [-0.05, 0) is 19.4 Å². The van der Waals surface area contributed by atoms with Crippen molar-refractivity contribution < 1.29 is 19.8 Å². The van der Waals surface area contributed by atoms with Gasteiger partial charge < -0.3 is 10.2 Å². The van der Waals surface area contributed by atoms with Crippen molar-refractivity contribution in [3.05, 3.63) is 34.9 Å². The van der Waals surface area contributed by atoms with E-state index < -0.39 is 16.9 Å². The van der Waals surface area contributed by atoms with Gasteiger partial charge in [0.25, 0.3) is 0 Å². The molecule has 0 amide bonds. The van der Waals surface area contributed by atoms with Crippen LogP contribution in [0.15, 0.2) is 18.2 Å². The van der Waals surface area contributed by atoms with E-state index in [2.05, 4.69) is 15.9 Å². The number of aryl methyl sites for hydroxylation is 1. The van der Waals surface area contributed by atoms with E-state index in [1.54, 1.807) is 26.0 Å². The Morgan fingerprint density at radius 2 is 1.94 bits per heavy atom. The molecule has 1 aromatic rings. The maximum atomic E-state index is 12.0. The first-order chi connectivity index (χ1) is 7.86. The van der Waals surface area contributed by atoms with Gasteiger partial charge in [-0.15, -0.1) is 0 Å². The number of hydrogen-bond donors (Lipinski definition) is 2. The first kappa shape index (κ1) is 13.9. The number of carbonyl (C=O) groups excluding carboxylic acids is 1. The molecule has 0 aliphatic carbocycles. The van der Waals surface area contributed by atoms with Gasteiger partial charge in [-0.1, -0.05) is 34.1 Å². The van der Waals surface area contributed by atoms with E-state index in [9.17, 15) is 14.7 Å². The zero-order chi connectivity index (χ0) is 13.2. The van der Waals surface area contributed by atoms with E-state index in [1.165, 1.54) is 6.07 Å². The standard InChI is InChI=1S/C12H13BrO4/c1-6-4-3-5-8(11(15)12(16)17)9(6)10(14)7(2)13/h3-5,7,11,15H,1-2H3,(H,16,17). The maximum Gasteiger partial charge on any atom is 0.337 e. The summed E-state index contributed by atoms with van der Waals surface area (Å²) in [4.78, 5) is 22.3. The first-order valence-corrected chi connectivity index (χ1v) is 5.96. The van der Waals surface area contributed by atoms with Gasteiger partial charge in [0, 0.05) is 11.1 Å². The molecule has 0 aliphatic rings. The third kappa shape index (κ3) is 2.92. The lowest BCUT2D eigenvalue weighted by Crippen LogP contribution is -2.19. The molecule has 0 bridgehead atoms. The molecule has 17 heavy (non-hydrogen) atoms. The fraction of sp³-hybridized carbons (Fsp3) is 0.333. The van der Waals surface area contributed by atoms with Crippen LogP contribution in [0.3, 0.4) is 0 Å². The number of Topliss-reactive ketones (excluding diaryl/α,β-unsaturated/α-hetero) is 1. The second-order valence-corrected chi connectivity index (χ2v) is 5.13. The van der Waals surface area contributed by atoms with Gasteiger partial charge in [0.15, 0.2) is 11.9 Å². The molecule has 0 saturated heterocycles. The highest BCUT2D eigenvalue weighted by Crippen LogP contribution is 2.24. The Labute approximate surface area is 107 Å². The molecule has 2 atom stereocenters. The maximum absolute atomic E-state index is 12.0. The summed E-state index contributed by atoms with van der Waals surface area (Å²) < 4.78 is 0. The number of carbonyl (C=O) groups is 2. The Bertz CT molecular complexity index is 454. The first-order valence-electron chi connectivity index (χ1n) is 5.05. The molecule has 0 aliphatic heterocycles. The number of carboxylic acids is 1. The van der Waals surface area contributed by atoms with E-state index in [1.807, 2.05) is 0 Å². The average Bonchev–Trinajstić information content (AvgIpc) is 2.26. The van der Waals surface area contributed by atoms with Crippen LogP contribution in [0, 0.1) is 6.92 Å². The van der Waals surface area contributed by atoms with Crippen LogP contribution in [-0.4, -0.2) is 26.8 Å². The van der Waals surface area contributed by atoms with Crippen molar-refractivity contribution in [1.82, 2.24) is 0 Å². The number of ketones is 1. The molecule has 0 heterocycles. The lowest BCUT2D eigenvalue weighted by atomic mass is 9.94. The van der Waals surface area contributed by atoms with E-state index in [0.717, 1.165) is 0 Å². The summed E-state index contributed by atoms with van der Waals surface area (Å²) in [5.41, 5.74) is 1.06. The molecule has 0 spiro atoms. The van der Waals surface area contributed by atoms with Gasteiger partial charge in [0.2, 0.25) is 0 Å². The largest absolute Gasteiger partial charge is 0.479 e. The monoisotopic (exact) mass is 300 g/mol. The fourth-order valence-corrected chi connectivity index (χ4v) is 1.82. The molecule has 4 nitrogen and oxygen atoms in total. The summed E-state index contributed by atoms with van der Waals surface area (Å²) >= 11 is 3.15. The van der Waals surface area contributed by atoms with E-state index in [4.69, 9.17) is 5.11 Å². The Morgan fingerprint density at radius 3 is 2.41 bits per heavy atom. The van der Waals surface area contributed by atoms with Crippen LogP contribution >= 0.6 is 15.9 Å². The molecule has 0 aromatic heterocycles. The summed E-state index contributed by atoms with van der Waals surface area (Å²) in [7, 11) is 0. The highest BCUT2D eigenvalue weighted by Gasteiger charge is 2.25. The summed E-state index contributed by atoms with van der Waals surface area (Å²) in [5.74, 6) is -1.61. The number of rotatable bonds is 4. The van der Waals surface area contributed by atoms with Crippen LogP contribution in [0.1, 0.15) is 34.5 Å². The van der Waals surface area contributed by atoms with Crippen LogP contribution < -0.4 is 0 Å². The van der Waals surface area contributed by atoms with E-state index >= 15 is 0 Å². The topological polar surface area (TPSA) is 74.6 Å². The number of aliphatic carboxylic acids is 1. The number of carboxylic acid groups (broad SMARTS) is 1.